The maximum atomic E-state index is 5.64. The van der Waals surface area contributed by atoms with E-state index >= 15 is 0 Å². The van der Waals surface area contributed by atoms with Gasteiger partial charge >= 0.3 is 0 Å². The van der Waals surface area contributed by atoms with Crippen LogP contribution in [0.3, 0.4) is 0 Å². The Labute approximate surface area is 115 Å². The van der Waals surface area contributed by atoms with E-state index in [1.165, 1.54) is 44.9 Å². The molecular weight excluding hydrogens is 238 g/mol. The molecule has 1 aliphatic heterocycles. The number of aromatic nitrogens is 2. The first-order chi connectivity index (χ1) is 9.40. The molecule has 1 unspecified atom stereocenters. The lowest BCUT2D eigenvalue weighted by Crippen LogP contribution is -2.17. The normalized spacial score (nSPS) is 24.7. The third-order valence-corrected chi connectivity index (χ3v) is 4.37. The Morgan fingerprint density at radius 2 is 2.11 bits per heavy atom. The molecule has 0 spiro atoms. The smallest absolute Gasteiger partial charge is 0.0771 e. The summed E-state index contributed by atoms with van der Waals surface area (Å²) < 4.78 is 7.65. The number of nitrogens with zero attached hydrogens (tertiary/aromatic N) is 2. The molecule has 106 valence electrons. The van der Waals surface area contributed by atoms with Gasteiger partial charge in [0.2, 0.25) is 0 Å². The van der Waals surface area contributed by atoms with Crippen LogP contribution in [0.15, 0.2) is 12.4 Å². The van der Waals surface area contributed by atoms with Crippen LogP contribution in [0.5, 0.6) is 0 Å². The highest BCUT2D eigenvalue weighted by Gasteiger charge is 2.17. The molecule has 1 aromatic heterocycles. The minimum absolute atomic E-state index is 0.367. The second-order valence-electron chi connectivity index (χ2n) is 5.97. The Bertz CT molecular complexity index is 378. The largest absolute Gasteiger partial charge is 0.382 e. The van der Waals surface area contributed by atoms with Gasteiger partial charge < -0.3 is 10.1 Å². The molecule has 4 heteroatoms. The van der Waals surface area contributed by atoms with E-state index in [1.54, 1.807) is 0 Å². The van der Waals surface area contributed by atoms with E-state index in [2.05, 4.69) is 16.6 Å². The highest BCUT2D eigenvalue weighted by molar-refractivity contribution is 5.38. The quantitative estimate of drug-likeness (QED) is 0.887. The molecule has 2 fully saturated rings. The van der Waals surface area contributed by atoms with E-state index in [9.17, 15) is 0 Å². The third kappa shape index (κ3) is 3.72. The zero-order valence-electron chi connectivity index (χ0n) is 11.7. The van der Waals surface area contributed by atoms with Crippen molar-refractivity contribution < 1.29 is 4.74 Å². The van der Waals surface area contributed by atoms with Gasteiger partial charge in [0.15, 0.2) is 0 Å². The number of rotatable bonds is 5. The van der Waals surface area contributed by atoms with Crippen LogP contribution in [-0.2, 0) is 11.3 Å². The highest BCUT2D eigenvalue weighted by atomic mass is 16.5. The summed E-state index contributed by atoms with van der Waals surface area (Å²) in [6.07, 6.45) is 13.8. The Balaban J connectivity index is 1.44. The van der Waals surface area contributed by atoms with Gasteiger partial charge in [-0.05, 0) is 31.6 Å². The second-order valence-corrected chi connectivity index (χ2v) is 5.97. The molecular formula is C15H25N3O. The first kappa shape index (κ1) is 13.0. The monoisotopic (exact) mass is 263 g/mol. The Morgan fingerprint density at radius 3 is 2.89 bits per heavy atom. The zero-order chi connectivity index (χ0) is 12.9. The van der Waals surface area contributed by atoms with Crippen LogP contribution in [0.4, 0.5) is 5.69 Å². The molecule has 1 saturated carbocycles. The van der Waals surface area contributed by atoms with Gasteiger partial charge in [-0.2, -0.15) is 5.10 Å². The molecule has 1 aromatic rings. The maximum absolute atomic E-state index is 5.64. The summed E-state index contributed by atoms with van der Waals surface area (Å²) in [4.78, 5) is 0. The Hall–Kier alpha value is -1.03. The van der Waals surface area contributed by atoms with E-state index < -0.39 is 0 Å². The van der Waals surface area contributed by atoms with Crippen molar-refractivity contribution in [3.05, 3.63) is 12.4 Å². The van der Waals surface area contributed by atoms with Crippen molar-refractivity contribution >= 4 is 5.69 Å². The first-order valence-electron chi connectivity index (χ1n) is 7.78. The number of nitrogens with one attached hydrogen (secondary N) is 1. The predicted octanol–water partition coefficient (Wildman–Crippen LogP) is 3.05. The van der Waals surface area contributed by atoms with Gasteiger partial charge in [0, 0.05) is 19.3 Å². The van der Waals surface area contributed by atoms with Gasteiger partial charge in [0.25, 0.3) is 0 Å². The molecule has 0 radical (unpaired) electrons. The Morgan fingerprint density at radius 1 is 1.21 bits per heavy atom. The molecule has 2 aliphatic rings. The van der Waals surface area contributed by atoms with Crippen LogP contribution in [0, 0.1) is 5.92 Å². The second kappa shape index (κ2) is 6.42. The predicted molar refractivity (Wildman–Crippen MR) is 76.3 cm³/mol. The molecule has 19 heavy (non-hydrogen) atoms. The van der Waals surface area contributed by atoms with Gasteiger partial charge in [-0.3, -0.25) is 4.68 Å². The van der Waals surface area contributed by atoms with Crippen LogP contribution in [0.1, 0.15) is 44.9 Å². The van der Waals surface area contributed by atoms with E-state index in [1.807, 2.05) is 10.9 Å². The lowest BCUT2D eigenvalue weighted by atomic mass is 9.89. The molecule has 3 rings (SSSR count). The van der Waals surface area contributed by atoms with Crippen molar-refractivity contribution in [1.29, 1.82) is 0 Å². The van der Waals surface area contributed by atoms with Gasteiger partial charge in [-0.1, -0.05) is 19.3 Å². The fourth-order valence-corrected chi connectivity index (χ4v) is 3.21. The standard InChI is InChI=1S/C15H25N3O/c1-2-5-13(6-3-1)9-16-14-10-17-18(11-14)12-15-7-4-8-19-15/h10-11,13,15-16H,1-9,12H2. The van der Waals surface area contributed by atoms with E-state index in [-0.39, 0.29) is 0 Å². The number of anilines is 1. The van der Waals surface area contributed by atoms with Crippen molar-refractivity contribution in [2.24, 2.45) is 5.92 Å². The lowest BCUT2D eigenvalue weighted by molar-refractivity contribution is 0.0940. The van der Waals surface area contributed by atoms with Crippen molar-refractivity contribution in [1.82, 2.24) is 9.78 Å². The van der Waals surface area contributed by atoms with Crippen LogP contribution < -0.4 is 5.32 Å². The van der Waals surface area contributed by atoms with Crippen molar-refractivity contribution in [2.75, 3.05) is 18.5 Å². The number of ether oxygens (including phenoxy) is 1. The summed E-state index contributed by atoms with van der Waals surface area (Å²) in [6.45, 7) is 2.91. The van der Waals surface area contributed by atoms with Gasteiger partial charge in [-0.25, -0.2) is 0 Å². The molecule has 1 atom stereocenters. The topological polar surface area (TPSA) is 39.1 Å². The molecule has 1 aliphatic carbocycles. The fraction of sp³-hybridized carbons (Fsp3) is 0.800. The van der Waals surface area contributed by atoms with Crippen molar-refractivity contribution in [3.8, 4) is 0 Å². The summed E-state index contributed by atoms with van der Waals surface area (Å²) >= 11 is 0. The highest BCUT2D eigenvalue weighted by Crippen LogP contribution is 2.24. The van der Waals surface area contributed by atoms with Crippen LogP contribution >= 0.6 is 0 Å². The van der Waals surface area contributed by atoms with Gasteiger partial charge in [0.1, 0.15) is 0 Å². The minimum atomic E-state index is 0.367. The molecule has 0 amide bonds. The number of hydrogen-bond donors (Lipinski definition) is 1. The number of hydrogen-bond acceptors (Lipinski definition) is 3. The SMILES string of the molecule is c1nn(CC2CCCO2)cc1NCC1CCCCC1. The van der Waals surface area contributed by atoms with Gasteiger partial charge in [-0.15, -0.1) is 0 Å². The average Bonchev–Trinajstić information content (AvgIpc) is 3.10. The molecule has 0 aromatic carbocycles. The summed E-state index contributed by atoms with van der Waals surface area (Å²) in [6, 6.07) is 0. The van der Waals surface area contributed by atoms with Crippen molar-refractivity contribution in [3.63, 3.8) is 0 Å². The Kier molecular flexibility index (Phi) is 4.38. The van der Waals surface area contributed by atoms with Crippen LogP contribution in [0.25, 0.3) is 0 Å². The van der Waals surface area contributed by atoms with Crippen molar-refractivity contribution in [2.45, 2.75) is 57.6 Å². The van der Waals surface area contributed by atoms with E-state index in [0.29, 0.717) is 6.10 Å². The van der Waals surface area contributed by atoms with Crippen LogP contribution in [-0.4, -0.2) is 29.0 Å². The third-order valence-electron chi connectivity index (χ3n) is 4.37. The minimum Gasteiger partial charge on any atom is -0.382 e. The molecule has 0 bridgehead atoms. The van der Waals surface area contributed by atoms with E-state index in [4.69, 9.17) is 4.74 Å². The zero-order valence-corrected chi connectivity index (χ0v) is 11.7. The lowest BCUT2D eigenvalue weighted by Gasteiger charge is -2.21. The maximum Gasteiger partial charge on any atom is 0.0771 e. The molecule has 1 N–H and O–H groups in total. The molecule has 2 heterocycles. The molecule has 4 nitrogen and oxygen atoms in total. The summed E-state index contributed by atoms with van der Waals surface area (Å²) in [7, 11) is 0. The van der Waals surface area contributed by atoms with E-state index in [0.717, 1.165) is 31.3 Å². The summed E-state index contributed by atoms with van der Waals surface area (Å²) in [5.41, 5.74) is 1.16. The summed E-state index contributed by atoms with van der Waals surface area (Å²) in [5.74, 6) is 0.857. The van der Waals surface area contributed by atoms with Crippen LogP contribution in [0.2, 0.25) is 0 Å². The molecule has 1 saturated heterocycles. The summed E-state index contributed by atoms with van der Waals surface area (Å²) in [5, 5.41) is 7.95. The fourth-order valence-electron chi connectivity index (χ4n) is 3.21. The average molecular weight is 263 g/mol. The first-order valence-corrected chi connectivity index (χ1v) is 7.78. The van der Waals surface area contributed by atoms with Gasteiger partial charge in [0.05, 0.1) is 24.5 Å².